The molecule has 6 nitrogen and oxygen atoms in total. The first kappa shape index (κ1) is 23.4. The first-order valence-electron chi connectivity index (χ1n) is 9.27. The van der Waals surface area contributed by atoms with Crippen LogP contribution in [-0.4, -0.2) is 46.8 Å². The molecule has 1 heterocycles. The van der Waals surface area contributed by atoms with Crippen LogP contribution in [0.2, 0.25) is 0 Å². The number of fused-ring (bicyclic) bond motifs is 1. The number of sulfonamides is 1. The van der Waals surface area contributed by atoms with Gasteiger partial charge in [-0.1, -0.05) is 30.3 Å². The molecule has 1 aliphatic rings. The van der Waals surface area contributed by atoms with Crippen LogP contribution >= 0.6 is 24.0 Å². The van der Waals surface area contributed by atoms with Gasteiger partial charge in [0.15, 0.2) is 5.96 Å². The first-order valence-corrected chi connectivity index (χ1v) is 10.9. The highest BCUT2D eigenvalue weighted by Crippen LogP contribution is 2.29. The van der Waals surface area contributed by atoms with E-state index >= 15 is 0 Å². The Balaban J connectivity index is 0.00000300. The largest absolute Gasteiger partial charge is 0.356 e. The van der Waals surface area contributed by atoms with Crippen molar-refractivity contribution in [1.29, 1.82) is 0 Å². The molecule has 2 aromatic carbocycles. The Kier molecular flexibility index (Phi) is 8.69. The normalized spacial score (nSPS) is 13.6. The van der Waals surface area contributed by atoms with Gasteiger partial charge in [0, 0.05) is 26.7 Å². The summed E-state index contributed by atoms with van der Waals surface area (Å²) in [4.78, 5) is 4.11. The van der Waals surface area contributed by atoms with Gasteiger partial charge < -0.3 is 10.6 Å². The van der Waals surface area contributed by atoms with Crippen LogP contribution in [0, 0.1) is 5.82 Å². The molecular weight excluding hydrogens is 506 g/mol. The zero-order valence-corrected chi connectivity index (χ0v) is 19.4. The van der Waals surface area contributed by atoms with E-state index < -0.39 is 10.0 Å². The molecule has 0 radical (unpaired) electrons. The Morgan fingerprint density at radius 3 is 2.52 bits per heavy atom. The van der Waals surface area contributed by atoms with Gasteiger partial charge in [-0.15, -0.1) is 24.0 Å². The summed E-state index contributed by atoms with van der Waals surface area (Å²) >= 11 is 0. The fourth-order valence-electron chi connectivity index (χ4n) is 3.20. The van der Waals surface area contributed by atoms with Gasteiger partial charge in [-0.05, 0) is 42.2 Å². The molecule has 0 unspecified atom stereocenters. The number of aliphatic imine (C=N–C) groups is 1. The fraction of sp³-hybridized carbons (Fsp3) is 0.350. The zero-order valence-electron chi connectivity index (χ0n) is 16.3. The number of guanidine groups is 1. The molecule has 9 heteroatoms. The molecule has 2 N–H and O–H groups in total. The van der Waals surface area contributed by atoms with Gasteiger partial charge in [0.1, 0.15) is 5.82 Å². The standard InChI is InChI=1S/C20H25FN4O2S.HI/c1-22-20(23-12-10-16-6-8-18(21)9-7-16)24-13-15-28(26,27)25-14-11-17-4-2-3-5-19(17)25;/h2-9H,10-15H2,1H3,(H2,22,23,24);1H. The molecule has 0 saturated heterocycles. The average Bonchev–Trinajstić information content (AvgIpc) is 3.13. The van der Waals surface area contributed by atoms with Crippen molar-refractivity contribution in [3.63, 3.8) is 0 Å². The van der Waals surface area contributed by atoms with Gasteiger partial charge in [-0.25, -0.2) is 12.8 Å². The number of hydrogen-bond donors (Lipinski definition) is 2. The van der Waals surface area contributed by atoms with E-state index in [9.17, 15) is 12.8 Å². The summed E-state index contributed by atoms with van der Waals surface area (Å²) in [5, 5.41) is 6.18. The number of hydrogen-bond acceptors (Lipinski definition) is 3. The molecule has 0 spiro atoms. The second-order valence-electron chi connectivity index (χ2n) is 6.57. The summed E-state index contributed by atoms with van der Waals surface area (Å²) in [5.74, 6) is 0.273. The van der Waals surface area contributed by atoms with Crippen molar-refractivity contribution in [2.24, 2.45) is 4.99 Å². The van der Waals surface area contributed by atoms with Crippen LogP contribution in [-0.2, 0) is 22.9 Å². The Morgan fingerprint density at radius 2 is 1.79 bits per heavy atom. The van der Waals surface area contributed by atoms with Crippen molar-refractivity contribution in [3.8, 4) is 0 Å². The summed E-state index contributed by atoms with van der Waals surface area (Å²) in [6.45, 7) is 1.36. The zero-order chi connectivity index (χ0) is 20.0. The number of anilines is 1. The van der Waals surface area contributed by atoms with Crippen molar-refractivity contribution < 1.29 is 12.8 Å². The van der Waals surface area contributed by atoms with Crippen molar-refractivity contribution >= 4 is 45.6 Å². The van der Waals surface area contributed by atoms with Gasteiger partial charge in [-0.3, -0.25) is 9.30 Å². The van der Waals surface area contributed by atoms with Crippen LogP contribution in [0.25, 0.3) is 0 Å². The highest BCUT2D eigenvalue weighted by molar-refractivity contribution is 14.0. The van der Waals surface area contributed by atoms with E-state index in [1.54, 1.807) is 19.2 Å². The van der Waals surface area contributed by atoms with Crippen molar-refractivity contribution in [2.45, 2.75) is 12.8 Å². The van der Waals surface area contributed by atoms with Gasteiger partial charge in [-0.2, -0.15) is 0 Å². The molecular formula is C20H26FIN4O2S. The number of rotatable bonds is 7. The van der Waals surface area contributed by atoms with Gasteiger partial charge in [0.25, 0.3) is 0 Å². The summed E-state index contributed by atoms with van der Waals surface area (Å²) in [6.07, 6.45) is 1.46. The first-order chi connectivity index (χ1) is 13.5. The van der Waals surface area contributed by atoms with Crippen molar-refractivity contribution in [3.05, 3.63) is 65.5 Å². The summed E-state index contributed by atoms with van der Waals surface area (Å²) in [6, 6.07) is 14.0. The SMILES string of the molecule is CN=C(NCCc1ccc(F)cc1)NCCS(=O)(=O)N1CCc2ccccc21.I. The molecule has 1 aliphatic heterocycles. The third kappa shape index (κ3) is 6.30. The lowest BCUT2D eigenvalue weighted by molar-refractivity contribution is 0.590. The van der Waals surface area contributed by atoms with E-state index in [0.717, 1.165) is 23.2 Å². The molecule has 158 valence electrons. The van der Waals surface area contributed by atoms with Gasteiger partial charge >= 0.3 is 0 Å². The van der Waals surface area contributed by atoms with Crippen molar-refractivity contribution in [2.75, 3.05) is 36.7 Å². The molecule has 0 aromatic heterocycles. The molecule has 29 heavy (non-hydrogen) atoms. The number of nitrogens with zero attached hydrogens (tertiary/aromatic N) is 2. The highest BCUT2D eigenvalue weighted by Gasteiger charge is 2.28. The third-order valence-electron chi connectivity index (χ3n) is 4.68. The Labute approximate surface area is 188 Å². The second kappa shape index (κ2) is 10.8. The van der Waals surface area contributed by atoms with Crippen LogP contribution in [0.1, 0.15) is 11.1 Å². The monoisotopic (exact) mass is 532 g/mol. The molecule has 0 fully saturated rings. The highest BCUT2D eigenvalue weighted by atomic mass is 127. The number of nitrogens with one attached hydrogen (secondary N) is 2. The Hall–Kier alpha value is -1.88. The predicted molar refractivity (Wildman–Crippen MR) is 126 cm³/mol. The maximum Gasteiger partial charge on any atom is 0.236 e. The van der Waals surface area contributed by atoms with Gasteiger partial charge in [0.2, 0.25) is 10.0 Å². The summed E-state index contributed by atoms with van der Waals surface area (Å²) in [5.41, 5.74) is 2.86. The van der Waals surface area contributed by atoms with E-state index in [2.05, 4.69) is 15.6 Å². The molecule has 0 aliphatic carbocycles. The molecule has 0 saturated carbocycles. The summed E-state index contributed by atoms with van der Waals surface area (Å²) < 4.78 is 39.8. The lowest BCUT2D eigenvalue weighted by Crippen LogP contribution is -2.42. The smallest absolute Gasteiger partial charge is 0.236 e. The number of benzene rings is 2. The molecule has 0 atom stereocenters. The van der Waals surface area contributed by atoms with E-state index in [4.69, 9.17) is 0 Å². The van der Waals surface area contributed by atoms with Crippen LogP contribution < -0.4 is 14.9 Å². The van der Waals surface area contributed by atoms with E-state index in [1.807, 2.05) is 24.3 Å². The maximum absolute atomic E-state index is 12.9. The summed E-state index contributed by atoms with van der Waals surface area (Å²) in [7, 11) is -1.75. The van der Waals surface area contributed by atoms with Crippen LogP contribution in [0.5, 0.6) is 0 Å². The van der Waals surface area contributed by atoms with E-state index in [0.29, 0.717) is 25.5 Å². The lowest BCUT2D eigenvalue weighted by Gasteiger charge is -2.20. The molecule has 0 bridgehead atoms. The number of para-hydroxylation sites is 1. The Morgan fingerprint density at radius 1 is 1.10 bits per heavy atom. The third-order valence-corrected chi connectivity index (χ3v) is 6.45. The van der Waals surface area contributed by atoms with Crippen LogP contribution in [0.4, 0.5) is 10.1 Å². The maximum atomic E-state index is 12.9. The minimum Gasteiger partial charge on any atom is -0.356 e. The minimum atomic E-state index is -3.39. The quantitative estimate of drug-likeness (QED) is 0.327. The topological polar surface area (TPSA) is 73.8 Å². The number of halogens is 2. The molecule has 3 rings (SSSR count). The van der Waals surface area contributed by atoms with Crippen LogP contribution in [0.15, 0.2) is 53.5 Å². The molecule has 2 aromatic rings. The van der Waals surface area contributed by atoms with Gasteiger partial charge in [0.05, 0.1) is 11.4 Å². The van der Waals surface area contributed by atoms with E-state index in [-0.39, 0.29) is 42.1 Å². The second-order valence-corrected chi connectivity index (χ2v) is 8.58. The minimum absolute atomic E-state index is 0. The average molecular weight is 532 g/mol. The lowest BCUT2D eigenvalue weighted by atomic mass is 10.1. The van der Waals surface area contributed by atoms with Crippen molar-refractivity contribution in [1.82, 2.24) is 10.6 Å². The Bertz CT molecular complexity index is 936. The van der Waals surface area contributed by atoms with E-state index in [1.165, 1.54) is 16.4 Å². The van der Waals surface area contributed by atoms with Crippen LogP contribution in [0.3, 0.4) is 0 Å². The molecule has 0 amide bonds. The predicted octanol–water partition coefficient (Wildman–Crippen LogP) is 2.54. The fourth-order valence-corrected chi connectivity index (χ4v) is 4.63.